The van der Waals surface area contributed by atoms with E-state index in [1.165, 1.54) is 0 Å². The minimum atomic E-state index is -0.428. The zero-order chi connectivity index (χ0) is 12.0. The Kier molecular flexibility index (Phi) is 5.35. The van der Waals surface area contributed by atoms with Crippen molar-refractivity contribution in [1.82, 2.24) is 0 Å². The SMILES string of the molecule is CSc1cccc(NC(=O)CCC(C)O)c1. The molecule has 0 aliphatic rings. The lowest BCUT2D eigenvalue weighted by atomic mass is 10.2. The third-order valence-corrected chi connectivity index (χ3v) is 2.87. The number of aliphatic hydroxyl groups excluding tert-OH is 1. The largest absolute Gasteiger partial charge is 0.393 e. The molecule has 16 heavy (non-hydrogen) atoms. The van der Waals surface area contributed by atoms with Crippen molar-refractivity contribution in [2.45, 2.75) is 30.8 Å². The molecule has 1 aromatic carbocycles. The van der Waals surface area contributed by atoms with Gasteiger partial charge >= 0.3 is 0 Å². The number of rotatable bonds is 5. The Morgan fingerprint density at radius 1 is 1.56 bits per heavy atom. The third-order valence-electron chi connectivity index (χ3n) is 2.14. The first-order valence-corrected chi connectivity index (χ1v) is 6.46. The average molecular weight is 239 g/mol. The average Bonchev–Trinajstić information content (AvgIpc) is 2.26. The maximum Gasteiger partial charge on any atom is 0.224 e. The summed E-state index contributed by atoms with van der Waals surface area (Å²) < 4.78 is 0. The molecule has 0 heterocycles. The van der Waals surface area contributed by atoms with Crippen LogP contribution in [0.1, 0.15) is 19.8 Å². The Balaban J connectivity index is 2.49. The standard InChI is InChI=1S/C12H17NO2S/c1-9(14)6-7-12(15)13-10-4-3-5-11(8-10)16-2/h3-5,8-9,14H,6-7H2,1-2H3,(H,13,15). The molecule has 1 unspecified atom stereocenters. The number of anilines is 1. The van der Waals surface area contributed by atoms with Gasteiger partial charge in [0.1, 0.15) is 0 Å². The maximum absolute atomic E-state index is 11.5. The third kappa shape index (κ3) is 4.68. The Bertz CT molecular complexity index is 353. The highest BCUT2D eigenvalue weighted by atomic mass is 32.2. The summed E-state index contributed by atoms with van der Waals surface area (Å²) >= 11 is 1.64. The second kappa shape index (κ2) is 6.55. The minimum Gasteiger partial charge on any atom is -0.393 e. The molecule has 1 atom stereocenters. The molecule has 0 saturated heterocycles. The van der Waals surface area contributed by atoms with E-state index in [1.807, 2.05) is 30.5 Å². The van der Waals surface area contributed by atoms with E-state index in [4.69, 9.17) is 5.11 Å². The molecule has 0 saturated carbocycles. The van der Waals surface area contributed by atoms with Crippen molar-refractivity contribution >= 4 is 23.4 Å². The van der Waals surface area contributed by atoms with Crippen LogP contribution in [0.4, 0.5) is 5.69 Å². The predicted molar refractivity (Wildman–Crippen MR) is 67.8 cm³/mol. The Morgan fingerprint density at radius 2 is 2.31 bits per heavy atom. The number of carbonyl (C=O) groups excluding carboxylic acids is 1. The van der Waals surface area contributed by atoms with E-state index in [2.05, 4.69) is 5.32 Å². The summed E-state index contributed by atoms with van der Waals surface area (Å²) in [6, 6.07) is 7.71. The summed E-state index contributed by atoms with van der Waals surface area (Å²) in [4.78, 5) is 12.6. The van der Waals surface area contributed by atoms with Crippen molar-refractivity contribution in [3.05, 3.63) is 24.3 Å². The maximum atomic E-state index is 11.5. The van der Waals surface area contributed by atoms with E-state index in [-0.39, 0.29) is 5.91 Å². The normalized spacial score (nSPS) is 12.2. The van der Waals surface area contributed by atoms with E-state index in [0.29, 0.717) is 12.8 Å². The summed E-state index contributed by atoms with van der Waals surface area (Å²) in [5, 5.41) is 11.9. The summed E-state index contributed by atoms with van der Waals surface area (Å²) in [6.07, 6.45) is 2.41. The van der Waals surface area contributed by atoms with Crippen molar-refractivity contribution in [3.8, 4) is 0 Å². The highest BCUT2D eigenvalue weighted by molar-refractivity contribution is 7.98. The lowest BCUT2D eigenvalue weighted by Crippen LogP contribution is -2.13. The molecule has 0 radical (unpaired) electrons. The zero-order valence-corrected chi connectivity index (χ0v) is 10.4. The Labute approximate surface area is 100 Å². The molecule has 0 aliphatic heterocycles. The fraction of sp³-hybridized carbons (Fsp3) is 0.417. The van der Waals surface area contributed by atoms with Gasteiger partial charge in [-0.2, -0.15) is 0 Å². The van der Waals surface area contributed by atoms with Crippen LogP contribution in [0, 0.1) is 0 Å². The first-order valence-electron chi connectivity index (χ1n) is 5.24. The van der Waals surface area contributed by atoms with Crippen molar-refractivity contribution in [3.63, 3.8) is 0 Å². The molecule has 1 aromatic rings. The lowest BCUT2D eigenvalue weighted by Gasteiger charge is -2.07. The van der Waals surface area contributed by atoms with Crippen molar-refractivity contribution in [1.29, 1.82) is 0 Å². The van der Waals surface area contributed by atoms with E-state index >= 15 is 0 Å². The van der Waals surface area contributed by atoms with Gasteiger partial charge in [0.05, 0.1) is 6.10 Å². The summed E-state index contributed by atoms with van der Waals surface area (Å²) in [6.45, 7) is 1.68. The fourth-order valence-electron chi connectivity index (χ4n) is 1.26. The van der Waals surface area contributed by atoms with Gasteiger partial charge < -0.3 is 10.4 Å². The number of thioether (sulfide) groups is 1. The van der Waals surface area contributed by atoms with Gasteiger partial charge in [-0.3, -0.25) is 4.79 Å². The van der Waals surface area contributed by atoms with Gasteiger partial charge in [-0.1, -0.05) is 6.07 Å². The smallest absolute Gasteiger partial charge is 0.224 e. The summed E-state index contributed by atoms with van der Waals surface area (Å²) in [7, 11) is 0. The second-order valence-corrected chi connectivity index (χ2v) is 4.55. The Morgan fingerprint density at radius 3 is 2.94 bits per heavy atom. The highest BCUT2D eigenvalue weighted by Gasteiger charge is 2.04. The summed E-state index contributed by atoms with van der Waals surface area (Å²) in [5.74, 6) is -0.0563. The van der Waals surface area contributed by atoms with Gasteiger partial charge in [0.15, 0.2) is 0 Å². The molecule has 0 fully saturated rings. The molecule has 4 heteroatoms. The lowest BCUT2D eigenvalue weighted by molar-refractivity contribution is -0.116. The molecule has 0 aromatic heterocycles. The van der Waals surface area contributed by atoms with Crippen LogP contribution in [-0.4, -0.2) is 23.4 Å². The first kappa shape index (κ1) is 13.1. The number of benzene rings is 1. The van der Waals surface area contributed by atoms with Crippen LogP contribution in [0.3, 0.4) is 0 Å². The number of nitrogens with one attached hydrogen (secondary N) is 1. The molecule has 0 spiro atoms. The molecule has 2 N–H and O–H groups in total. The number of amides is 1. The Hall–Kier alpha value is -1.00. The van der Waals surface area contributed by atoms with E-state index < -0.39 is 6.10 Å². The minimum absolute atomic E-state index is 0.0563. The molecular weight excluding hydrogens is 222 g/mol. The number of hydrogen-bond acceptors (Lipinski definition) is 3. The van der Waals surface area contributed by atoms with Crippen molar-refractivity contribution < 1.29 is 9.90 Å². The van der Waals surface area contributed by atoms with Gasteiger partial charge in [0.25, 0.3) is 0 Å². The van der Waals surface area contributed by atoms with Gasteiger partial charge in [-0.25, -0.2) is 0 Å². The number of aliphatic hydroxyl groups is 1. The second-order valence-electron chi connectivity index (χ2n) is 3.67. The molecular formula is C12H17NO2S. The molecule has 88 valence electrons. The zero-order valence-electron chi connectivity index (χ0n) is 9.56. The molecule has 1 amide bonds. The molecule has 3 nitrogen and oxygen atoms in total. The molecule has 0 aliphatic carbocycles. The number of carbonyl (C=O) groups is 1. The van der Waals surface area contributed by atoms with E-state index in [1.54, 1.807) is 18.7 Å². The van der Waals surface area contributed by atoms with E-state index in [9.17, 15) is 4.79 Å². The highest BCUT2D eigenvalue weighted by Crippen LogP contribution is 2.19. The van der Waals surface area contributed by atoms with Crippen LogP contribution >= 0.6 is 11.8 Å². The monoisotopic (exact) mass is 239 g/mol. The van der Waals surface area contributed by atoms with Crippen LogP contribution in [0.5, 0.6) is 0 Å². The quantitative estimate of drug-likeness (QED) is 0.776. The first-order chi connectivity index (χ1) is 7.61. The van der Waals surface area contributed by atoms with Crippen LogP contribution < -0.4 is 5.32 Å². The van der Waals surface area contributed by atoms with E-state index in [0.717, 1.165) is 10.6 Å². The van der Waals surface area contributed by atoms with Crippen molar-refractivity contribution in [2.75, 3.05) is 11.6 Å². The number of hydrogen-bond donors (Lipinski definition) is 2. The van der Waals surface area contributed by atoms with Crippen LogP contribution in [0.2, 0.25) is 0 Å². The van der Waals surface area contributed by atoms with Crippen LogP contribution in [-0.2, 0) is 4.79 Å². The van der Waals surface area contributed by atoms with Gasteiger partial charge in [0, 0.05) is 17.0 Å². The summed E-state index contributed by atoms with van der Waals surface area (Å²) in [5.41, 5.74) is 0.808. The fourth-order valence-corrected chi connectivity index (χ4v) is 1.72. The molecule has 1 rings (SSSR count). The van der Waals surface area contributed by atoms with Crippen molar-refractivity contribution in [2.24, 2.45) is 0 Å². The van der Waals surface area contributed by atoms with Crippen LogP contribution in [0.15, 0.2) is 29.2 Å². The van der Waals surface area contributed by atoms with Crippen LogP contribution in [0.25, 0.3) is 0 Å². The van der Waals surface area contributed by atoms with Gasteiger partial charge in [0.2, 0.25) is 5.91 Å². The van der Waals surface area contributed by atoms with Gasteiger partial charge in [-0.05, 0) is 37.8 Å². The molecule has 0 bridgehead atoms. The predicted octanol–water partition coefficient (Wildman–Crippen LogP) is 2.51. The van der Waals surface area contributed by atoms with Gasteiger partial charge in [-0.15, -0.1) is 11.8 Å². The topological polar surface area (TPSA) is 49.3 Å².